The zero-order valence-corrected chi connectivity index (χ0v) is 10.3. The molecule has 2 heteroatoms. The highest BCUT2D eigenvalue weighted by atomic mass is 32.2. The molecule has 0 aliphatic rings. The summed E-state index contributed by atoms with van der Waals surface area (Å²) in [7, 11) is 0. The maximum atomic E-state index is 2.32. The monoisotopic (exact) mass is 212 g/mol. The van der Waals surface area contributed by atoms with E-state index in [0.29, 0.717) is 5.92 Å². The smallest absolute Gasteiger partial charge is 0.0602 e. The van der Waals surface area contributed by atoms with E-state index in [2.05, 4.69) is 45.2 Å². The van der Waals surface area contributed by atoms with Gasteiger partial charge in [-0.3, -0.25) is 0 Å². The molecule has 0 amide bonds. The van der Waals surface area contributed by atoms with Crippen LogP contribution >= 0.6 is 23.1 Å². The topological polar surface area (TPSA) is 0 Å². The molecule has 72 valence electrons. The van der Waals surface area contributed by atoms with Crippen molar-refractivity contribution >= 4 is 28.7 Å². The van der Waals surface area contributed by atoms with Crippen LogP contribution in [0, 0.1) is 5.92 Å². The molecule has 0 atom stereocenters. The standard InChI is InChI=1S/C11H16S2/c1-8(2)7-9(3)10-5-6-11(12-4)13-10/h5-8H,1-4H3/b9-7+. The molecule has 0 N–H and O–H groups in total. The van der Waals surface area contributed by atoms with Gasteiger partial charge in [0.05, 0.1) is 4.21 Å². The lowest BCUT2D eigenvalue weighted by Gasteiger charge is -1.99. The molecule has 0 fully saturated rings. The molecule has 13 heavy (non-hydrogen) atoms. The number of thiophene rings is 1. The van der Waals surface area contributed by atoms with Gasteiger partial charge in [0.2, 0.25) is 0 Å². The van der Waals surface area contributed by atoms with Gasteiger partial charge in [0.15, 0.2) is 0 Å². The molecule has 0 saturated heterocycles. The summed E-state index contributed by atoms with van der Waals surface area (Å²) in [5, 5.41) is 0. The predicted molar refractivity (Wildman–Crippen MR) is 64.6 cm³/mol. The Hall–Kier alpha value is -0.210. The average Bonchev–Trinajstić information content (AvgIpc) is 2.50. The van der Waals surface area contributed by atoms with Crippen molar-refractivity contribution in [1.82, 2.24) is 0 Å². The van der Waals surface area contributed by atoms with E-state index in [4.69, 9.17) is 0 Å². The van der Waals surface area contributed by atoms with Gasteiger partial charge in [-0.05, 0) is 36.8 Å². The van der Waals surface area contributed by atoms with E-state index in [1.54, 1.807) is 0 Å². The first-order chi connectivity index (χ1) is 6.13. The average molecular weight is 212 g/mol. The number of thioether (sulfide) groups is 1. The van der Waals surface area contributed by atoms with Gasteiger partial charge in [-0.2, -0.15) is 0 Å². The normalized spacial score (nSPS) is 12.5. The Labute approximate surface area is 89.1 Å². The minimum atomic E-state index is 0.639. The van der Waals surface area contributed by atoms with Crippen molar-refractivity contribution in [2.45, 2.75) is 25.0 Å². The lowest BCUT2D eigenvalue weighted by Crippen LogP contribution is -1.80. The number of rotatable bonds is 3. The van der Waals surface area contributed by atoms with Crippen LogP contribution < -0.4 is 0 Å². The Balaban J connectivity index is 2.82. The van der Waals surface area contributed by atoms with Gasteiger partial charge in [0.25, 0.3) is 0 Å². The van der Waals surface area contributed by atoms with Gasteiger partial charge in [-0.1, -0.05) is 19.9 Å². The van der Waals surface area contributed by atoms with Gasteiger partial charge >= 0.3 is 0 Å². The van der Waals surface area contributed by atoms with Crippen molar-refractivity contribution in [3.8, 4) is 0 Å². The Bertz CT molecular complexity index is 295. The summed E-state index contributed by atoms with van der Waals surface area (Å²) in [6.07, 6.45) is 4.44. The SMILES string of the molecule is CSc1ccc(/C(C)=C/C(C)C)s1. The van der Waals surface area contributed by atoms with E-state index in [1.807, 2.05) is 23.1 Å². The third kappa shape index (κ3) is 3.20. The fourth-order valence-corrected chi connectivity index (χ4v) is 2.75. The zero-order chi connectivity index (χ0) is 9.84. The van der Waals surface area contributed by atoms with Crippen LogP contribution in [0.4, 0.5) is 0 Å². The van der Waals surface area contributed by atoms with Crippen LogP contribution in [0.15, 0.2) is 22.4 Å². The third-order valence-corrected chi connectivity index (χ3v) is 4.06. The van der Waals surface area contributed by atoms with Gasteiger partial charge in [0.1, 0.15) is 0 Å². The molecule has 0 aliphatic carbocycles. The number of hydrogen-bond acceptors (Lipinski definition) is 2. The molecule has 0 nitrogen and oxygen atoms in total. The quantitative estimate of drug-likeness (QED) is 0.663. The van der Waals surface area contributed by atoms with Crippen LogP contribution in [0.2, 0.25) is 0 Å². The highest BCUT2D eigenvalue weighted by molar-refractivity contribution is 8.00. The Morgan fingerprint density at radius 3 is 2.62 bits per heavy atom. The summed E-state index contributed by atoms with van der Waals surface area (Å²) in [6.45, 7) is 6.62. The minimum Gasteiger partial charge on any atom is -0.129 e. The molecule has 0 saturated carbocycles. The zero-order valence-electron chi connectivity index (χ0n) is 8.63. The lowest BCUT2D eigenvalue weighted by molar-refractivity contribution is 0.833. The van der Waals surface area contributed by atoms with Crippen molar-refractivity contribution in [3.63, 3.8) is 0 Å². The third-order valence-electron chi connectivity index (χ3n) is 1.75. The van der Waals surface area contributed by atoms with Crippen molar-refractivity contribution in [1.29, 1.82) is 0 Å². The first-order valence-corrected chi connectivity index (χ1v) is 6.50. The highest BCUT2D eigenvalue weighted by Gasteiger charge is 2.01. The highest BCUT2D eigenvalue weighted by Crippen LogP contribution is 2.30. The van der Waals surface area contributed by atoms with Crippen molar-refractivity contribution in [2.75, 3.05) is 6.26 Å². The molecule has 0 spiro atoms. The molecule has 1 aromatic heterocycles. The maximum absolute atomic E-state index is 2.32. The second-order valence-corrected chi connectivity index (χ2v) is 5.61. The number of hydrogen-bond donors (Lipinski definition) is 0. The number of allylic oxidation sites excluding steroid dienone is 2. The van der Waals surface area contributed by atoms with E-state index in [9.17, 15) is 0 Å². The minimum absolute atomic E-state index is 0.639. The van der Waals surface area contributed by atoms with E-state index in [1.165, 1.54) is 14.7 Å². The van der Waals surface area contributed by atoms with Crippen LogP contribution in [-0.2, 0) is 0 Å². The molecule has 1 rings (SSSR count). The Morgan fingerprint density at radius 2 is 2.15 bits per heavy atom. The van der Waals surface area contributed by atoms with Gasteiger partial charge in [-0.25, -0.2) is 0 Å². The first-order valence-electron chi connectivity index (χ1n) is 4.46. The summed E-state index contributed by atoms with van der Waals surface area (Å²) in [5.74, 6) is 0.639. The fraction of sp³-hybridized carbons (Fsp3) is 0.455. The molecular formula is C11H16S2. The molecule has 0 bridgehead atoms. The summed E-state index contributed by atoms with van der Waals surface area (Å²) >= 11 is 3.69. The molecule has 0 unspecified atom stereocenters. The van der Waals surface area contributed by atoms with E-state index >= 15 is 0 Å². The lowest BCUT2D eigenvalue weighted by atomic mass is 10.1. The molecule has 0 aromatic carbocycles. The van der Waals surface area contributed by atoms with Gasteiger partial charge in [0, 0.05) is 4.88 Å². The first kappa shape index (κ1) is 10.9. The maximum Gasteiger partial charge on any atom is 0.0602 e. The predicted octanol–water partition coefficient (Wildman–Crippen LogP) is 4.53. The van der Waals surface area contributed by atoms with Crippen LogP contribution in [0.3, 0.4) is 0 Å². The molecule has 1 heterocycles. The summed E-state index contributed by atoms with van der Waals surface area (Å²) < 4.78 is 1.39. The molecular weight excluding hydrogens is 196 g/mol. The van der Waals surface area contributed by atoms with Crippen molar-refractivity contribution in [3.05, 3.63) is 23.1 Å². The van der Waals surface area contributed by atoms with Crippen molar-refractivity contribution in [2.24, 2.45) is 5.92 Å². The van der Waals surface area contributed by atoms with Crippen LogP contribution in [0.5, 0.6) is 0 Å². The largest absolute Gasteiger partial charge is 0.129 e. The van der Waals surface area contributed by atoms with Crippen LogP contribution in [-0.4, -0.2) is 6.26 Å². The summed E-state index contributed by atoms with van der Waals surface area (Å²) in [6, 6.07) is 4.41. The van der Waals surface area contributed by atoms with Crippen molar-refractivity contribution < 1.29 is 0 Å². The Morgan fingerprint density at radius 1 is 1.46 bits per heavy atom. The summed E-state index contributed by atoms with van der Waals surface area (Å²) in [5.41, 5.74) is 1.40. The molecule has 1 aromatic rings. The summed E-state index contributed by atoms with van der Waals surface area (Å²) in [4.78, 5) is 1.40. The fourth-order valence-electron chi connectivity index (χ4n) is 1.22. The van der Waals surface area contributed by atoms with E-state index in [0.717, 1.165) is 0 Å². The van der Waals surface area contributed by atoms with Crippen LogP contribution in [0.25, 0.3) is 5.57 Å². The van der Waals surface area contributed by atoms with Gasteiger partial charge in [-0.15, -0.1) is 23.1 Å². The second-order valence-electron chi connectivity index (χ2n) is 3.42. The van der Waals surface area contributed by atoms with Gasteiger partial charge < -0.3 is 0 Å². The van der Waals surface area contributed by atoms with Crippen LogP contribution in [0.1, 0.15) is 25.6 Å². The van der Waals surface area contributed by atoms with E-state index < -0.39 is 0 Å². The Kier molecular flexibility index (Phi) is 4.07. The van der Waals surface area contributed by atoms with E-state index in [-0.39, 0.29) is 0 Å². The molecule has 0 aliphatic heterocycles. The second kappa shape index (κ2) is 4.87. The molecule has 0 radical (unpaired) electrons.